The van der Waals surface area contributed by atoms with Gasteiger partial charge in [-0.05, 0) is 37.1 Å². The normalized spacial score (nSPS) is 10.4. The number of pyridine rings is 1. The summed E-state index contributed by atoms with van der Waals surface area (Å²) in [5.41, 5.74) is 1.22. The maximum atomic E-state index is 12.0. The minimum absolute atomic E-state index is 0.149. The summed E-state index contributed by atoms with van der Waals surface area (Å²) < 4.78 is 10.7. The maximum Gasteiger partial charge on any atom is 0.269 e. The van der Waals surface area contributed by atoms with Crippen molar-refractivity contribution in [2.45, 2.75) is 19.8 Å². The van der Waals surface area contributed by atoms with Gasteiger partial charge in [0.15, 0.2) is 5.82 Å². The Morgan fingerprint density at radius 1 is 1.14 bits per heavy atom. The van der Waals surface area contributed by atoms with Crippen LogP contribution in [0.4, 0.5) is 5.82 Å². The van der Waals surface area contributed by atoms with Crippen molar-refractivity contribution in [2.75, 3.05) is 12.4 Å². The Morgan fingerprint density at radius 2 is 1.96 bits per heavy atom. The number of carbonyl (C=O) groups is 2. The standard InChI is InChI=1S/C20H20N4O4/c1-13-10-18(24-28-13)23-19(25)7-6-14-4-3-5-15(11-14)27-16-8-9-22-17(12-16)20(26)21-2/h3-5,8-12H,6-7H2,1-2H3,(H,21,26)(H,23,24,25). The number of nitrogens with one attached hydrogen (secondary N) is 2. The Hall–Kier alpha value is -3.68. The van der Waals surface area contributed by atoms with Gasteiger partial charge in [0.05, 0.1) is 0 Å². The van der Waals surface area contributed by atoms with Crippen LogP contribution in [-0.4, -0.2) is 29.0 Å². The molecule has 2 heterocycles. The highest BCUT2D eigenvalue weighted by molar-refractivity contribution is 5.92. The van der Waals surface area contributed by atoms with E-state index in [4.69, 9.17) is 9.26 Å². The average Bonchev–Trinajstić information content (AvgIpc) is 3.11. The fraction of sp³-hybridized carbons (Fsp3) is 0.200. The van der Waals surface area contributed by atoms with Crippen LogP contribution in [0.5, 0.6) is 11.5 Å². The zero-order valence-electron chi connectivity index (χ0n) is 15.6. The molecule has 1 aromatic carbocycles. The molecule has 2 amide bonds. The molecule has 28 heavy (non-hydrogen) atoms. The topological polar surface area (TPSA) is 106 Å². The summed E-state index contributed by atoms with van der Waals surface area (Å²) in [7, 11) is 1.54. The molecule has 8 heteroatoms. The van der Waals surface area contributed by atoms with Crippen LogP contribution in [0.2, 0.25) is 0 Å². The first kappa shape index (κ1) is 19.1. The Labute approximate surface area is 161 Å². The number of anilines is 1. The van der Waals surface area contributed by atoms with E-state index >= 15 is 0 Å². The lowest BCUT2D eigenvalue weighted by Gasteiger charge is -2.09. The highest BCUT2D eigenvalue weighted by Gasteiger charge is 2.09. The monoisotopic (exact) mass is 380 g/mol. The second-order valence-electron chi connectivity index (χ2n) is 6.08. The van der Waals surface area contributed by atoms with Gasteiger partial charge in [0.2, 0.25) is 5.91 Å². The predicted molar refractivity (Wildman–Crippen MR) is 102 cm³/mol. The van der Waals surface area contributed by atoms with Crippen LogP contribution >= 0.6 is 0 Å². The number of hydrogen-bond donors (Lipinski definition) is 2. The van der Waals surface area contributed by atoms with Crippen molar-refractivity contribution in [1.29, 1.82) is 0 Å². The third-order valence-corrected chi connectivity index (χ3v) is 3.86. The van der Waals surface area contributed by atoms with Crippen molar-refractivity contribution >= 4 is 17.6 Å². The van der Waals surface area contributed by atoms with Crippen LogP contribution < -0.4 is 15.4 Å². The Morgan fingerprint density at radius 3 is 2.71 bits per heavy atom. The van der Waals surface area contributed by atoms with Crippen LogP contribution in [0.25, 0.3) is 0 Å². The Balaban J connectivity index is 1.59. The SMILES string of the molecule is CNC(=O)c1cc(Oc2cccc(CCC(=O)Nc3cc(C)on3)c2)ccn1. The molecule has 0 aliphatic carbocycles. The molecule has 0 aliphatic rings. The van der Waals surface area contributed by atoms with Crippen molar-refractivity contribution in [3.63, 3.8) is 0 Å². The molecule has 0 fully saturated rings. The molecule has 3 rings (SSSR count). The van der Waals surface area contributed by atoms with E-state index in [0.29, 0.717) is 35.9 Å². The van der Waals surface area contributed by atoms with Gasteiger partial charge in [-0.3, -0.25) is 14.6 Å². The van der Waals surface area contributed by atoms with Crippen molar-refractivity contribution in [2.24, 2.45) is 0 Å². The van der Waals surface area contributed by atoms with Gasteiger partial charge in [0.25, 0.3) is 5.91 Å². The lowest BCUT2D eigenvalue weighted by atomic mass is 10.1. The van der Waals surface area contributed by atoms with Gasteiger partial charge in [-0.15, -0.1) is 0 Å². The van der Waals surface area contributed by atoms with E-state index in [-0.39, 0.29) is 17.5 Å². The fourth-order valence-corrected chi connectivity index (χ4v) is 2.52. The van der Waals surface area contributed by atoms with Gasteiger partial charge in [-0.1, -0.05) is 17.3 Å². The number of carbonyl (C=O) groups excluding carboxylic acids is 2. The van der Waals surface area contributed by atoms with E-state index in [0.717, 1.165) is 5.56 Å². The number of hydrogen-bond acceptors (Lipinski definition) is 6. The molecule has 0 unspecified atom stereocenters. The second-order valence-corrected chi connectivity index (χ2v) is 6.08. The molecule has 0 saturated heterocycles. The molecular formula is C20H20N4O4. The highest BCUT2D eigenvalue weighted by Crippen LogP contribution is 2.23. The van der Waals surface area contributed by atoms with Gasteiger partial charge in [0, 0.05) is 31.8 Å². The smallest absolute Gasteiger partial charge is 0.269 e. The first-order valence-electron chi connectivity index (χ1n) is 8.71. The van der Waals surface area contributed by atoms with Crippen LogP contribution in [-0.2, 0) is 11.2 Å². The quantitative estimate of drug-likeness (QED) is 0.652. The van der Waals surface area contributed by atoms with Crippen LogP contribution in [0.1, 0.15) is 28.2 Å². The maximum absolute atomic E-state index is 12.0. The van der Waals surface area contributed by atoms with Gasteiger partial charge in [-0.2, -0.15) is 0 Å². The third-order valence-electron chi connectivity index (χ3n) is 3.86. The highest BCUT2D eigenvalue weighted by atomic mass is 16.5. The molecule has 0 aliphatic heterocycles. The Bertz CT molecular complexity index is 984. The molecule has 8 nitrogen and oxygen atoms in total. The summed E-state index contributed by atoms with van der Waals surface area (Å²) in [6, 6.07) is 12.3. The van der Waals surface area contributed by atoms with Gasteiger partial charge >= 0.3 is 0 Å². The molecule has 0 bridgehead atoms. The van der Waals surface area contributed by atoms with E-state index in [2.05, 4.69) is 20.8 Å². The summed E-state index contributed by atoms with van der Waals surface area (Å²) in [6.07, 6.45) is 2.35. The number of rotatable bonds is 7. The lowest BCUT2D eigenvalue weighted by Crippen LogP contribution is -2.18. The minimum atomic E-state index is -0.285. The van der Waals surface area contributed by atoms with E-state index in [1.165, 1.54) is 6.20 Å². The first-order valence-corrected chi connectivity index (χ1v) is 8.71. The second kappa shape index (κ2) is 8.81. The van der Waals surface area contributed by atoms with Crippen LogP contribution in [0.3, 0.4) is 0 Å². The van der Waals surface area contributed by atoms with Crippen LogP contribution in [0, 0.1) is 6.92 Å². The van der Waals surface area contributed by atoms with Gasteiger partial charge < -0.3 is 19.9 Å². The van der Waals surface area contributed by atoms with E-state index in [9.17, 15) is 9.59 Å². The largest absolute Gasteiger partial charge is 0.457 e. The molecule has 0 radical (unpaired) electrons. The molecular weight excluding hydrogens is 360 g/mol. The molecule has 0 atom stereocenters. The minimum Gasteiger partial charge on any atom is -0.457 e. The molecule has 2 aromatic heterocycles. The number of amides is 2. The zero-order chi connectivity index (χ0) is 19.9. The predicted octanol–water partition coefficient (Wildman–Crippen LogP) is 3.10. The summed E-state index contributed by atoms with van der Waals surface area (Å²) in [5, 5.41) is 8.95. The van der Waals surface area contributed by atoms with Crippen LogP contribution in [0.15, 0.2) is 53.2 Å². The van der Waals surface area contributed by atoms with Gasteiger partial charge in [-0.25, -0.2) is 0 Å². The third kappa shape index (κ3) is 5.16. The Kier molecular flexibility index (Phi) is 6.01. The summed E-state index contributed by atoms with van der Waals surface area (Å²) in [4.78, 5) is 27.7. The molecule has 0 spiro atoms. The number of benzene rings is 1. The van der Waals surface area contributed by atoms with Crippen molar-refractivity contribution in [3.8, 4) is 11.5 Å². The number of aryl methyl sites for hydroxylation is 2. The van der Waals surface area contributed by atoms with E-state index in [1.54, 1.807) is 32.2 Å². The molecule has 0 saturated carbocycles. The zero-order valence-corrected chi connectivity index (χ0v) is 15.6. The van der Waals surface area contributed by atoms with Gasteiger partial charge in [0.1, 0.15) is 23.0 Å². The summed E-state index contributed by atoms with van der Waals surface area (Å²) >= 11 is 0. The van der Waals surface area contributed by atoms with Crippen molar-refractivity contribution in [1.82, 2.24) is 15.5 Å². The summed E-state index contributed by atoms with van der Waals surface area (Å²) in [6.45, 7) is 1.76. The number of aromatic nitrogens is 2. The molecule has 2 N–H and O–H groups in total. The van der Waals surface area contributed by atoms with Crippen molar-refractivity contribution < 1.29 is 18.8 Å². The molecule has 3 aromatic rings. The summed E-state index contributed by atoms with van der Waals surface area (Å²) in [5.74, 6) is 1.72. The van der Waals surface area contributed by atoms with E-state index in [1.807, 2.05) is 24.3 Å². The fourth-order valence-electron chi connectivity index (χ4n) is 2.52. The van der Waals surface area contributed by atoms with Crippen molar-refractivity contribution in [3.05, 3.63) is 65.7 Å². The van der Waals surface area contributed by atoms with E-state index < -0.39 is 0 Å². The number of ether oxygens (including phenoxy) is 1. The number of nitrogens with zero attached hydrogens (tertiary/aromatic N) is 2. The lowest BCUT2D eigenvalue weighted by molar-refractivity contribution is -0.116. The molecule has 144 valence electrons. The first-order chi connectivity index (χ1) is 13.5. The average molecular weight is 380 g/mol.